The van der Waals surface area contributed by atoms with Gasteiger partial charge < -0.3 is 25.1 Å². The number of rotatable bonds is 5. The van der Waals surface area contributed by atoms with Crippen molar-refractivity contribution in [1.29, 1.82) is 0 Å². The molecule has 156 valence electrons. The Kier molecular flexibility index (Phi) is 5.09. The van der Waals surface area contributed by atoms with Gasteiger partial charge in [-0.25, -0.2) is 4.98 Å². The molecule has 0 saturated heterocycles. The lowest BCUT2D eigenvalue weighted by Gasteiger charge is -2.20. The first kappa shape index (κ1) is 19.6. The van der Waals surface area contributed by atoms with Gasteiger partial charge in [0.2, 0.25) is 5.88 Å². The van der Waals surface area contributed by atoms with Gasteiger partial charge in [0.1, 0.15) is 5.82 Å². The number of fused-ring (bicyclic) bond motifs is 2. The fourth-order valence-corrected chi connectivity index (χ4v) is 4.14. The summed E-state index contributed by atoms with van der Waals surface area (Å²) in [6.07, 6.45) is 1.79. The van der Waals surface area contributed by atoms with Crippen LogP contribution in [-0.2, 0) is 13.0 Å². The van der Waals surface area contributed by atoms with Crippen LogP contribution in [-0.4, -0.2) is 38.7 Å². The van der Waals surface area contributed by atoms with Crippen LogP contribution in [0.4, 0.5) is 5.82 Å². The maximum Gasteiger partial charge on any atom is 0.490 e. The molecule has 3 heterocycles. The molecular weight excluding hydrogens is 391 g/mol. The Morgan fingerprint density at radius 2 is 1.94 bits per heavy atom. The third-order valence-electron chi connectivity index (χ3n) is 5.64. The van der Waals surface area contributed by atoms with Crippen molar-refractivity contribution in [2.24, 2.45) is 0 Å². The van der Waals surface area contributed by atoms with Crippen LogP contribution in [0.25, 0.3) is 22.3 Å². The zero-order chi connectivity index (χ0) is 21.4. The molecule has 5 rings (SSSR count). The fourth-order valence-electron chi connectivity index (χ4n) is 4.14. The Balaban J connectivity index is 1.62. The molecule has 4 N–H and O–H groups in total. The number of ether oxygens (including phenoxy) is 1. The van der Waals surface area contributed by atoms with Crippen LogP contribution in [0.1, 0.15) is 23.2 Å². The van der Waals surface area contributed by atoms with E-state index in [-0.39, 0.29) is 0 Å². The van der Waals surface area contributed by atoms with Gasteiger partial charge in [-0.1, -0.05) is 48.5 Å². The summed E-state index contributed by atoms with van der Waals surface area (Å²) in [7, 11) is -1.56. The van der Waals surface area contributed by atoms with E-state index in [1.165, 1.54) is 0 Å². The van der Waals surface area contributed by atoms with E-state index in [0.717, 1.165) is 46.4 Å². The van der Waals surface area contributed by atoms with Crippen LogP contribution < -0.4 is 15.5 Å². The van der Waals surface area contributed by atoms with Crippen molar-refractivity contribution < 1.29 is 14.8 Å². The topological polar surface area (TPSA) is 103 Å². The van der Waals surface area contributed by atoms with Crippen LogP contribution in [0.5, 0.6) is 5.88 Å². The first-order valence-corrected chi connectivity index (χ1v) is 10.4. The van der Waals surface area contributed by atoms with Gasteiger partial charge >= 0.3 is 7.12 Å². The smallest absolute Gasteiger partial charge is 0.477 e. The third kappa shape index (κ3) is 3.64. The summed E-state index contributed by atoms with van der Waals surface area (Å²) in [4.78, 5) is 12.9. The Morgan fingerprint density at radius 3 is 2.74 bits per heavy atom. The predicted molar refractivity (Wildman–Crippen MR) is 121 cm³/mol. The third-order valence-corrected chi connectivity index (χ3v) is 5.64. The van der Waals surface area contributed by atoms with E-state index in [2.05, 4.69) is 22.4 Å². The minimum absolute atomic E-state index is 0.420. The van der Waals surface area contributed by atoms with Crippen LogP contribution in [0.2, 0.25) is 0 Å². The van der Waals surface area contributed by atoms with Crippen molar-refractivity contribution in [3.63, 3.8) is 0 Å². The number of hydrogen-bond donors (Lipinski definition) is 4. The zero-order valence-electron chi connectivity index (χ0n) is 17.2. The van der Waals surface area contributed by atoms with Crippen LogP contribution in [0.15, 0.2) is 48.5 Å². The van der Waals surface area contributed by atoms with E-state index in [1.807, 2.05) is 31.2 Å². The molecule has 0 spiro atoms. The molecule has 0 saturated carbocycles. The van der Waals surface area contributed by atoms with Gasteiger partial charge in [0, 0.05) is 34.2 Å². The van der Waals surface area contributed by atoms with Gasteiger partial charge in [-0.2, -0.15) is 4.98 Å². The molecule has 2 aromatic carbocycles. The number of H-pyrrole nitrogens is 1. The number of nitrogens with one attached hydrogen (secondary N) is 2. The Hall–Kier alpha value is -3.36. The molecule has 0 radical (unpaired) electrons. The highest BCUT2D eigenvalue weighted by atomic mass is 16.5. The van der Waals surface area contributed by atoms with Gasteiger partial charge in [-0.15, -0.1) is 0 Å². The minimum atomic E-state index is -1.56. The second-order valence-electron chi connectivity index (χ2n) is 7.74. The second-order valence-corrected chi connectivity index (χ2v) is 7.74. The van der Waals surface area contributed by atoms with E-state index < -0.39 is 7.12 Å². The van der Waals surface area contributed by atoms with Gasteiger partial charge in [0.05, 0.1) is 12.2 Å². The number of anilines is 1. The summed E-state index contributed by atoms with van der Waals surface area (Å²) >= 11 is 0. The largest absolute Gasteiger partial charge is 0.490 e. The number of aryl methyl sites for hydroxylation is 1. The minimum Gasteiger partial charge on any atom is -0.477 e. The predicted octanol–water partition coefficient (Wildman–Crippen LogP) is 2.55. The lowest BCUT2D eigenvalue weighted by Crippen LogP contribution is -2.30. The summed E-state index contributed by atoms with van der Waals surface area (Å²) in [6, 6.07) is 15.6. The highest BCUT2D eigenvalue weighted by Crippen LogP contribution is 2.35. The summed E-state index contributed by atoms with van der Waals surface area (Å²) in [5, 5.41) is 23.8. The number of aromatic nitrogens is 3. The molecule has 0 atom stereocenters. The number of nitrogens with zero attached hydrogens (tertiary/aromatic N) is 2. The first-order chi connectivity index (χ1) is 15.1. The molecule has 0 bridgehead atoms. The van der Waals surface area contributed by atoms with Gasteiger partial charge in [-0.05, 0) is 25.3 Å². The van der Waals surface area contributed by atoms with E-state index in [1.54, 1.807) is 12.1 Å². The highest BCUT2D eigenvalue weighted by Gasteiger charge is 2.24. The Bertz CT molecular complexity index is 1240. The summed E-state index contributed by atoms with van der Waals surface area (Å²) in [5.41, 5.74) is 4.94. The maximum atomic E-state index is 9.75. The average Bonchev–Trinajstić information content (AvgIpc) is 3.13. The molecule has 0 fully saturated rings. The number of para-hydroxylation sites is 1. The Morgan fingerprint density at radius 1 is 1.10 bits per heavy atom. The lowest BCUT2D eigenvalue weighted by molar-refractivity contribution is 0.276. The second kappa shape index (κ2) is 8.05. The summed E-state index contributed by atoms with van der Waals surface area (Å²) < 4.78 is 5.89. The molecular formula is C23H23BN4O3. The van der Waals surface area contributed by atoms with Gasteiger partial charge in [0.25, 0.3) is 0 Å². The summed E-state index contributed by atoms with van der Waals surface area (Å²) in [6.45, 7) is 3.22. The standard InChI is InChI=1S/C23H23BN4O3/c1-14-19(16-9-5-11-18(24(29)30)20(16)26-14)22-27-21(17-10-6-12-31-23(17)28-22)25-13-15-7-3-2-4-8-15/h2-5,7-9,11,26,29-30H,6,10,12-13H2,1H3,(H,25,27,28). The molecule has 0 unspecified atom stereocenters. The molecule has 31 heavy (non-hydrogen) atoms. The van der Waals surface area contributed by atoms with Crippen molar-refractivity contribution >= 4 is 29.3 Å². The average molecular weight is 414 g/mol. The number of benzene rings is 2. The maximum absolute atomic E-state index is 9.75. The number of hydrogen-bond acceptors (Lipinski definition) is 6. The first-order valence-electron chi connectivity index (χ1n) is 10.4. The van der Waals surface area contributed by atoms with E-state index >= 15 is 0 Å². The van der Waals surface area contributed by atoms with Crippen molar-refractivity contribution in [2.75, 3.05) is 11.9 Å². The molecule has 1 aliphatic rings. The molecule has 7 nitrogen and oxygen atoms in total. The fraction of sp³-hybridized carbons (Fsp3) is 0.217. The van der Waals surface area contributed by atoms with E-state index in [9.17, 15) is 10.0 Å². The van der Waals surface area contributed by atoms with Gasteiger partial charge in [0.15, 0.2) is 5.82 Å². The SMILES string of the molecule is Cc1[nH]c2c(B(O)O)cccc2c1-c1nc(NCc2ccccc2)c2c(n1)OCCC2. The lowest BCUT2D eigenvalue weighted by atomic mass is 9.79. The van der Waals surface area contributed by atoms with Crippen molar-refractivity contribution in [2.45, 2.75) is 26.3 Å². The van der Waals surface area contributed by atoms with Crippen molar-refractivity contribution in [3.05, 3.63) is 65.4 Å². The molecule has 4 aromatic rings. The van der Waals surface area contributed by atoms with Crippen molar-refractivity contribution in [3.8, 4) is 17.3 Å². The van der Waals surface area contributed by atoms with E-state index in [4.69, 9.17) is 14.7 Å². The van der Waals surface area contributed by atoms with Crippen molar-refractivity contribution in [1.82, 2.24) is 15.0 Å². The molecule has 0 amide bonds. The van der Waals surface area contributed by atoms with E-state index in [0.29, 0.717) is 35.8 Å². The van der Waals surface area contributed by atoms with Crippen LogP contribution in [0, 0.1) is 6.92 Å². The highest BCUT2D eigenvalue weighted by molar-refractivity contribution is 6.61. The van der Waals surface area contributed by atoms with Crippen LogP contribution >= 0.6 is 0 Å². The summed E-state index contributed by atoms with van der Waals surface area (Å²) in [5.74, 6) is 1.93. The molecule has 2 aromatic heterocycles. The monoisotopic (exact) mass is 414 g/mol. The van der Waals surface area contributed by atoms with Crippen LogP contribution in [0.3, 0.4) is 0 Å². The molecule has 0 aliphatic carbocycles. The zero-order valence-corrected chi connectivity index (χ0v) is 17.2. The quantitative estimate of drug-likeness (QED) is 0.375. The van der Waals surface area contributed by atoms with Gasteiger partial charge in [-0.3, -0.25) is 0 Å². The molecule has 8 heteroatoms. The number of aromatic amines is 1. The Labute approximate surface area is 180 Å². The molecule has 1 aliphatic heterocycles. The normalized spacial score (nSPS) is 13.0.